The van der Waals surface area contributed by atoms with Gasteiger partial charge in [-0.1, -0.05) is 0 Å². The average Bonchev–Trinajstić information content (AvgIpc) is 3.05. The maximum absolute atomic E-state index is 12.1. The van der Waals surface area contributed by atoms with Crippen LogP contribution < -0.4 is 0 Å². The number of fused-ring (bicyclic) bond motifs is 2. The van der Waals surface area contributed by atoms with Gasteiger partial charge in [0.15, 0.2) is 0 Å². The van der Waals surface area contributed by atoms with Crippen LogP contribution in [0.5, 0.6) is 0 Å². The number of rotatable bonds is 2. The summed E-state index contributed by atoms with van der Waals surface area (Å²) in [4.78, 5) is 28.8. The van der Waals surface area contributed by atoms with Crippen LogP contribution in [0.25, 0.3) is 6.08 Å². The van der Waals surface area contributed by atoms with Gasteiger partial charge in [-0.3, -0.25) is 9.69 Å². The van der Waals surface area contributed by atoms with Gasteiger partial charge in [0.1, 0.15) is 23.5 Å². The third-order valence-electron chi connectivity index (χ3n) is 3.64. The second-order valence-electron chi connectivity index (χ2n) is 4.90. The molecule has 1 saturated heterocycles. The zero-order chi connectivity index (χ0) is 14.6. The number of thioether (sulfide) groups is 1. The number of β-lactam (4-membered cyclic amide) rings is 1. The Bertz CT molecular complexity index is 703. The fraction of sp³-hybridized carbons (Fsp3) is 0.308. The van der Waals surface area contributed by atoms with Crippen molar-refractivity contribution < 1.29 is 19.4 Å². The normalized spacial score (nSPS) is 24.3. The van der Waals surface area contributed by atoms with E-state index < -0.39 is 5.97 Å². The number of amides is 1. The number of imidazole rings is 1. The summed E-state index contributed by atoms with van der Waals surface area (Å²) in [7, 11) is 0. The Morgan fingerprint density at radius 3 is 3.09 bits per heavy atom. The third kappa shape index (κ3) is 2.35. The van der Waals surface area contributed by atoms with E-state index >= 15 is 0 Å². The van der Waals surface area contributed by atoms with Gasteiger partial charge in [-0.15, -0.1) is 11.8 Å². The molecule has 1 aromatic heterocycles. The summed E-state index contributed by atoms with van der Waals surface area (Å²) in [6.45, 7) is 1.90. The van der Waals surface area contributed by atoms with Crippen molar-refractivity contribution >= 4 is 59.3 Å². The number of aromatic nitrogens is 2. The molecule has 4 rings (SSSR count). The fourth-order valence-electron chi connectivity index (χ4n) is 2.61. The second-order valence-corrected chi connectivity index (χ2v) is 5.85. The standard InChI is InChI=1S/C13H11N3O4S.Na.H/c17-11-8(12-16(11)9(6-21-12)13(18)19)3-7-4-15-1-2-20-5-10(15)14-7;;/h3-4,6,12H,1-2,5H2,(H,18,19);;/b8-3-;;. The van der Waals surface area contributed by atoms with Crippen LogP contribution in [0.3, 0.4) is 0 Å². The molecular weight excluding hydrogens is 317 g/mol. The minimum absolute atomic E-state index is 0. The van der Waals surface area contributed by atoms with Gasteiger partial charge < -0.3 is 14.4 Å². The van der Waals surface area contributed by atoms with Crippen molar-refractivity contribution in [3.8, 4) is 0 Å². The monoisotopic (exact) mass is 329 g/mol. The number of carbonyl (C=O) groups is 2. The van der Waals surface area contributed by atoms with E-state index in [1.165, 1.54) is 22.1 Å². The first kappa shape index (κ1) is 15.8. The Hall–Kier alpha value is -1.06. The van der Waals surface area contributed by atoms with E-state index in [1.807, 2.05) is 10.8 Å². The molecule has 4 heterocycles. The number of carboxylic acids is 1. The summed E-state index contributed by atoms with van der Waals surface area (Å²) in [5.74, 6) is -0.493. The Morgan fingerprint density at radius 1 is 1.55 bits per heavy atom. The van der Waals surface area contributed by atoms with Crippen LogP contribution in [0.2, 0.25) is 0 Å². The molecule has 0 spiro atoms. The van der Waals surface area contributed by atoms with Crippen LogP contribution in [0.4, 0.5) is 0 Å². The van der Waals surface area contributed by atoms with Gasteiger partial charge in [-0.25, -0.2) is 9.78 Å². The van der Waals surface area contributed by atoms with Crippen molar-refractivity contribution in [3.63, 3.8) is 0 Å². The number of hydrogen-bond acceptors (Lipinski definition) is 5. The summed E-state index contributed by atoms with van der Waals surface area (Å²) < 4.78 is 7.34. The molecule has 0 aliphatic carbocycles. The van der Waals surface area contributed by atoms with Crippen molar-refractivity contribution in [1.82, 2.24) is 14.5 Å². The number of aliphatic carboxylic acids is 1. The molecule has 22 heavy (non-hydrogen) atoms. The number of nitrogens with zero attached hydrogens (tertiary/aromatic N) is 3. The molecule has 9 heteroatoms. The number of ether oxygens (including phenoxy) is 1. The SMILES string of the molecule is O=C(O)C1=CSC2/C(=C\c3cn4c(n3)COCC4)C(=O)N12.[NaH]. The molecule has 1 amide bonds. The first-order valence-electron chi connectivity index (χ1n) is 6.43. The predicted octanol–water partition coefficient (Wildman–Crippen LogP) is -0.0107. The van der Waals surface area contributed by atoms with Gasteiger partial charge in [0, 0.05) is 18.1 Å². The van der Waals surface area contributed by atoms with Crippen molar-refractivity contribution in [2.45, 2.75) is 18.5 Å². The van der Waals surface area contributed by atoms with Gasteiger partial charge in [0.25, 0.3) is 5.91 Å². The number of carbonyl (C=O) groups excluding carboxylic acids is 1. The first-order valence-corrected chi connectivity index (χ1v) is 7.37. The summed E-state index contributed by atoms with van der Waals surface area (Å²) >= 11 is 1.33. The Labute approximate surface area is 152 Å². The van der Waals surface area contributed by atoms with Crippen molar-refractivity contribution in [3.05, 3.63) is 34.4 Å². The fourth-order valence-corrected chi connectivity index (χ4v) is 3.73. The molecule has 7 nitrogen and oxygen atoms in total. The van der Waals surface area contributed by atoms with Gasteiger partial charge in [0.2, 0.25) is 0 Å². The summed E-state index contributed by atoms with van der Waals surface area (Å²) in [6, 6.07) is 0. The summed E-state index contributed by atoms with van der Waals surface area (Å²) in [6.07, 6.45) is 3.63. The minimum atomic E-state index is -1.08. The number of hydrogen-bond donors (Lipinski definition) is 1. The van der Waals surface area contributed by atoms with Crippen LogP contribution in [0.15, 0.2) is 22.9 Å². The molecule has 1 fully saturated rings. The van der Waals surface area contributed by atoms with Crippen LogP contribution in [0.1, 0.15) is 11.5 Å². The Balaban J connectivity index is 0.00000144. The molecule has 3 aliphatic rings. The zero-order valence-electron chi connectivity index (χ0n) is 10.9. The maximum atomic E-state index is 12.1. The Kier molecular flexibility index (Phi) is 4.21. The predicted molar refractivity (Wildman–Crippen MR) is 81.0 cm³/mol. The van der Waals surface area contributed by atoms with Crippen LogP contribution >= 0.6 is 11.8 Å². The summed E-state index contributed by atoms with van der Waals surface area (Å²) in [5.41, 5.74) is 1.34. The molecule has 0 radical (unpaired) electrons. The molecule has 1 atom stereocenters. The quantitative estimate of drug-likeness (QED) is 0.467. The second kappa shape index (κ2) is 5.86. The van der Waals surface area contributed by atoms with Crippen molar-refractivity contribution in [2.75, 3.05) is 6.61 Å². The molecule has 1 aromatic rings. The molecule has 0 bridgehead atoms. The molecule has 1 unspecified atom stereocenters. The van der Waals surface area contributed by atoms with E-state index in [0.717, 1.165) is 12.4 Å². The van der Waals surface area contributed by atoms with Gasteiger partial charge in [-0.05, 0) is 6.08 Å². The molecule has 1 N–H and O–H groups in total. The van der Waals surface area contributed by atoms with Crippen LogP contribution in [-0.4, -0.2) is 73.0 Å². The molecule has 0 saturated carbocycles. The van der Waals surface area contributed by atoms with E-state index in [9.17, 15) is 9.59 Å². The van der Waals surface area contributed by atoms with Crippen molar-refractivity contribution in [2.24, 2.45) is 0 Å². The number of carboxylic acid groups (broad SMARTS) is 1. The average molecular weight is 329 g/mol. The first-order chi connectivity index (χ1) is 10.1. The van der Waals surface area contributed by atoms with Crippen molar-refractivity contribution in [1.29, 1.82) is 0 Å². The van der Waals surface area contributed by atoms with Crippen LogP contribution in [-0.2, 0) is 27.5 Å². The third-order valence-corrected chi connectivity index (χ3v) is 4.72. The molecule has 0 aromatic carbocycles. The van der Waals surface area contributed by atoms with Gasteiger partial charge in [-0.2, -0.15) is 0 Å². The molecule has 3 aliphatic heterocycles. The molecule has 110 valence electrons. The van der Waals surface area contributed by atoms with E-state index in [4.69, 9.17) is 9.84 Å². The topological polar surface area (TPSA) is 84.7 Å². The molecular formula is C13H12N3NaO4S. The van der Waals surface area contributed by atoms with E-state index in [2.05, 4.69) is 4.98 Å². The van der Waals surface area contributed by atoms with Crippen LogP contribution in [0, 0.1) is 0 Å². The van der Waals surface area contributed by atoms with E-state index in [0.29, 0.717) is 24.5 Å². The Morgan fingerprint density at radius 2 is 2.36 bits per heavy atom. The van der Waals surface area contributed by atoms with E-state index in [1.54, 1.807) is 6.08 Å². The van der Waals surface area contributed by atoms with Gasteiger partial charge >= 0.3 is 35.5 Å². The van der Waals surface area contributed by atoms with E-state index in [-0.39, 0.29) is 46.5 Å². The van der Waals surface area contributed by atoms with Gasteiger partial charge in [0.05, 0.1) is 17.9 Å². The zero-order valence-corrected chi connectivity index (χ0v) is 11.7. The summed E-state index contributed by atoms with van der Waals surface area (Å²) in [5, 5.41) is 10.3.